The van der Waals surface area contributed by atoms with E-state index in [0.717, 1.165) is 23.2 Å². The summed E-state index contributed by atoms with van der Waals surface area (Å²) in [6.45, 7) is 0. The maximum atomic E-state index is 11.6. The van der Waals surface area contributed by atoms with Crippen molar-refractivity contribution in [1.82, 2.24) is 0 Å². The van der Waals surface area contributed by atoms with E-state index in [0.29, 0.717) is 15.6 Å². The van der Waals surface area contributed by atoms with E-state index in [2.05, 4.69) is 17.5 Å². The molecule has 2 aromatic rings. The van der Waals surface area contributed by atoms with Crippen molar-refractivity contribution in [3.63, 3.8) is 0 Å². The molecule has 1 aliphatic heterocycles. The Kier molecular flexibility index (Phi) is 3.78. The van der Waals surface area contributed by atoms with Crippen molar-refractivity contribution in [2.75, 3.05) is 5.32 Å². The van der Waals surface area contributed by atoms with E-state index in [1.807, 2.05) is 24.3 Å². The third kappa shape index (κ3) is 2.31. The van der Waals surface area contributed by atoms with E-state index >= 15 is 0 Å². The third-order valence-electron chi connectivity index (χ3n) is 4.95. The Bertz CT molecular complexity index is 862. The fourth-order valence-corrected chi connectivity index (χ4v) is 4.26. The number of anilines is 1. The van der Waals surface area contributed by atoms with Crippen LogP contribution in [0.25, 0.3) is 0 Å². The highest BCUT2D eigenvalue weighted by Crippen LogP contribution is 2.52. The van der Waals surface area contributed by atoms with E-state index in [1.165, 1.54) is 0 Å². The van der Waals surface area contributed by atoms with Crippen LogP contribution in [-0.4, -0.2) is 11.1 Å². The molecule has 2 aliphatic rings. The molecule has 0 unspecified atom stereocenters. The molecule has 1 aliphatic carbocycles. The molecule has 5 heteroatoms. The van der Waals surface area contributed by atoms with Crippen LogP contribution >= 0.6 is 23.2 Å². The number of aromatic carboxylic acids is 1. The molecule has 4 rings (SSSR count). The van der Waals surface area contributed by atoms with E-state index in [-0.39, 0.29) is 17.9 Å². The summed E-state index contributed by atoms with van der Waals surface area (Å²) in [5, 5.41) is 14.0. The lowest BCUT2D eigenvalue weighted by Gasteiger charge is -2.38. The lowest BCUT2D eigenvalue weighted by molar-refractivity contribution is 0.0694. The molecule has 0 radical (unpaired) electrons. The lowest BCUT2D eigenvalue weighted by atomic mass is 9.76. The molecular formula is C19H15Cl2NO2. The molecule has 3 atom stereocenters. The van der Waals surface area contributed by atoms with Gasteiger partial charge in [-0.25, -0.2) is 4.79 Å². The largest absolute Gasteiger partial charge is 0.478 e. The number of halogens is 2. The van der Waals surface area contributed by atoms with Crippen LogP contribution in [0.3, 0.4) is 0 Å². The van der Waals surface area contributed by atoms with Crippen molar-refractivity contribution in [1.29, 1.82) is 0 Å². The molecule has 0 saturated heterocycles. The summed E-state index contributed by atoms with van der Waals surface area (Å²) in [7, 11) is 0. The van der Waals surface area contributed by atoms with Crippen molar-refractivity contribution in [3.8, 4) is 0 Å². The van der Waals surface area contributed by atoms with Crippen LogP contribution in [0.5, 0.6) is 0 Å². The first-order chi connectivity index (χ1) is 11.6. The Labute approximate surface area is 149 Å². The maximum absolute atomic E-state index is 11.6. The van der Waals surface area contributed by atoms with Crippen LogP contribution in [0, 0.1) is 5.92 Å². The van der Waals surface area contributed by atoms with Gasteiger partial charge < -0.3 is 10.4 Å². The summed E-state index contributed by atoms with van der Waals surface area (Å²) in [5.41, 5.74) is 3.03. The van der Waals surface area contributed by atoms with Gasteiger partial charge in [0, 0.05) is 5.92 Å². The minimum Gasteiger partial charge on any atom is -0.478 e. The van der Waals surface area contributed by atoms with Gasteiger partial charge in [-0.15, -0.1) is 0 Å². The first-order valence-corrected chi connectivity index (χ1v) is 8.57. The van der Waals surface area contributed by atoms with Gasteiger partial charge in [-0.3, -0.25) is 0 Å². The van der Waals surface area contributed by atoms with E-state index in [4.69, 9.17) is 23.2 Å². The number of hydrogen-bond donors (Lipinski definition) is 2. The van der Waals surface area contributed by atoms with Gasteiger partial charge in [0.05, 0.1) is 27.3 Å². The quantitative estimate of drug-likeness (QED) is 0.694. The standard InChI is InChI=1S/C19H15Cl2NO2/c20-15-9-8-13-10-6-3-7-11(10)17(22-18(13)16(15)21)12-4-1-2-5-14(12)19(23)24/h1-6,8-11,17,22H,7H2,(H,23,24)/t10-,11+,17-/m1/s1. The molecule has 0 spiro atoms. The highest BCUT2D eigenvalue weighted by Gasteiger charge is 2.40. The molecule has 0 saturated carbocycles. The van der Waals surface area contributed by atoms with Gasteiger partial charge in [-0.1, -0.05) is 59.6 Å². The molecule has 1 heterocycles. The zero-order valence-corrected chi connectivity index (χ0v) is 14.2. The third-order valence-corrected chi connectivity index (χ3v) is 5.76. The average molecular weight is 360 g/mol. The Morgan fingerprint density at radius 3 is 2.71 bits per heavy atom. The number of nitrogens with one attached hydrogen (secondary N) is 1. The van der Waals surface area contributed by atoms with Crippen LogP contribution in [0.2, 0.25) is 10.0 Å². The van der Waals surface area contributed by atoms with E-state index in [1.54, 1.807) is 12.1 Å². The number of benzene rings is 2. The normalized spacial score (nSPS) is 24.2. The first-order valence-electron chi connectivity index (χ1n) is 7.81. The molecule has 0 aromatic heterocycles. The number of carbonyl (C=O) groups is 1. The Morgan fingerprint density at radius 2 is 1.92 bits per heavy atom. The first kappa shape index (κ1) is 15.6. The fourth-order valence-electron chi connectivity index (χ4n) is 3.87. The Morgan fingerprint density at radius 1 is 1.12 bits per heavy atom. The second-order valence-corrected chi connectivity index (χ2v) is 6.98. The fraction of sp³-hybridized carbons (Fsp3) is 0.211. The van der Waals surface area contributed by atoms with Gasteiger partial charge in [-0.05, 0) is 35.6 Å². The summed E-state index contributed by atoms with van der Waals surface area (Å²) >= 11 is 12.6. The maximum Gasteiger partial charge on any atom is 0.336 e. The zero-order chi connectivity index (χ0) is 16.8. The molecule has 0 fully saturated rings. The molecule has 2 N–H and O–H groups in total. The van der Waals surface area contributed by atoms with Crippen LogP contribution in [0.4, 0.5) is 5.69 Å². The Hall–Kier alpha value is -1.97. The second kappa shape index (κ2) is 5.83. The lowest BCUT2D eigenvalue weighted by Crippen LogP contribution is -2.30. The van der Waals surface area contributed by atoms with Gasteiger partial charge in [0.1, 0.15) is 0 Å². The van der Waals surface area contributed by atoms with Crippen molar-refractivity contribution in [2.45, 2.75) is 18.4 Å². The minimum atomic E-state index is -0.919. The number of carboxylic acid groups (broad SMARTS) is 1. The van der Waals surface area contributed by atoms with Gasteiger partial charge in [0.15, 0.2) is 0 Å². The van der Waals surface area contributed by atoms with Gasteiger partial charge in [0.25, 0.3) is 0 Å². The molecular weight excluding hydrogens is 345 g/mol. The van der Waals surface area contributed by atoms with Crippen molar-refractivity contribution >= 4 is 34.9 Å². The molecule has 2 aromatic carbocycles. The second-order valence-electron chi connectivity index (χ2n) is 6.19. The monoisotopic (exact) mass is 359 g/mol. The summed E-state index contributed by atoms with van der Waals surface area (Å²) in [6, 6.07) is 10.8. The van der Waals surface area contributed by atoms with Crippen LogP contribution in [-0.2, 0) is 0 Å². The number of allylic oxidation sites excluding steroid dienone is 2. The average Bonchev–Trinajstić information content (AvgIpc) is 3.07. The SMILES string of the molecule is O=C(O)c1ccccc1[C@@H]1Nc2c(ccc(Cl)c2Cl)[C@@H]2C=CC[C@@H]21. The van der Waals surface area contributed by atoms with E-state index in [9.17, 15) is 9.90 Å². The minimum absolute atomic E-state index is 0.124. The van der Waals surface area contributed by atoms with Crippen molar-refractivity contribution in [3.05, 3.63) is 75.3 Å². The smallest absolute Gasteiger partial charge is 0.336 e. The molecule has 0 bridgehead atoms. The molecule has 24 heavy (non-hydrogen) atoms. The predicted octanol–water partition coefficient (Wildman–Crippen LogP) is 5.52. The molecule has 0 amide bonds. The predicted molar refractivity (Wildman–Crippen MR) is 96.2 cm³/mol. The highest BCUT2D eigenvalue weighted by molar-refractivity contribution is 6.43. The van der Waals surface area contributed by atoms with Gasteiger partial charge in [-0.2, -0.15) is 0 Å². The van der Waals surface area contributed by atoms with Crippen LogP contribution < -0.4 is 5.32 Å². The summed E-state index contributed by atoms with van der Waals surface area (Å²) in [5.74, 6) is -0.448. The number of fused-ring (bicyclic) bond motifs is 3. The summed E-state index contributed by atoms with van der Waals surface area (Å²) in [6.07, 6.45) is 5.24. The number of rotatable bonds is 2. The van der Waals surface area contributed by atoms with Crippen molar-refractivity contribution < 1.29 is 9.90 Å². The number of hydrogen-bond acceptors (Lipinski definition) is 2. The Balaban J connectivity index is 1.87. The molecule has 122 valence electrons. The van der Waals surface area contributed by atoms with Crippen molar-refractivity contribution in [2.24, 2.45) is 5.92 Å². The van der Waals surface area contributed by atoms with Gasteiger partial charge >= 0.3 is 5.97 Å². The highest BCUT2D eigenvalue weighted by atomic mass is 35.5. The topological polar surface area (TPSA) is 49.3 Å². The number of carboxylic acids is 1. The molecule has 3 nitrogen and oxygen atoms in total. The summed E-state index contributed by atoms with van der Waals surface area (Å²) < 4.78 is 0. The van der Waals surface area contributed by atoms with E-state index < -0.39 is 5.97 Å². The summed E-state index contributed by atoms with van der Waals surface area (Å²) in [4.78, 5) is 11.6. The van der Waals surface area contributed by atoms with Crippen LogP contribution in [0.1, 0.15) is 39.9 Å². The van der Waals surface area contributed by atoms with Gasteiger partial charge in [0.2, 0.25) is 0 Å². The van der Waals surface area contributed by atoms with Crippen LogP contribution in [0.15, 0.2) is 48.6 Å². The zero-order valence-electron chi connectivity index (χ0n) is 12.7.